The summed E-state index contributed by atoms with van der Waals surface area (Å²) in [6.07, 6.45) is 0. The van der Waals surface area contributed by atoms with Gasteiger partial charge in [0, 0.05) is 13.1 Å². The first-order valence-corrected chi connectivity index (χ1v) is 6.76. The first-order valence-electron chi connectivity index (χ1n) is 6.76. The van der Waals surface area contributed by atoms with E-state index in [1.54, 1.807) is 0 Å². The molecular formula is C17H20N2O. The summed E-state index contributed by atoms with van der Waals surface area (Å²) in [5.41, 5.74) is 4.64. The molecule has 0 saturated carbocycles. The van der Waals surface area contributed by atoms with Crippen LogP contribution in [0.15, 0.2) is 48.5 Å². The molecule has 2 amide bonds. The molecule has 0 aliphatic carbocycles. The van der Waals surface area contributed by atoms with Crippen LogP contribution in [0.5, 0.6) is 0 Å². The maximum Gasteiger partial charge on any atom is 0.315 e. The number of hydrogen-bond acceptors (Lipinski definition) is 1. The van der Waals surface area contributed by atoms with Gasteiger partial charge in [-0.3, -0.25) is 0 Å². The van der Waals surface area contributed by atoms with E-state index in [1.165, 1.54) is 11.1 Å². The van der Waals surface area contributed by atoms with E-state index in [4.69, 9.17) is 0 Å². The Morgan fingerprint density at radius 3 is 1.45 bits per heavy atom. The molecule has 3 heteroatoms. The van der Waals surface area contributed by atoms with Crippen molar-refractivity contribution in [3.8, 4) is 0 Å². The zero-order valence-electron chi connectivity index (χ0n) is 11.9. The number of benzene rings is 2. The summed E-state index contributed by atoms with van der Waals surface area (Å²) in [5, 5.41) is 5.70. The van der Waals surface area contributed by atoms with Crippen molar-refractivity contribution < 1.29 is 4.79 Å². The van der Waals surface area contributed by atoms with Crippen LogP contribution in [-0.4, -0.2) is 6.03 Å². The Hall–Kier alpha value is -2.29. The average Bonchev–Trinajstić information content (AvgIpc) is 2.46. The van der Waals surface area contributed by atoms with Crippen molar-refractivity contribution in [3.63, 3.8) is 0 Å². The molecule has 0 bridgehead atoms. The Kier molecular flexibility index (Phi) is 4.77. The number of carbonyl (C=O) groups is 1. The van der Waals surface area contributed by atoms with E-state index in [9.17, 15) is 4.79 Å². The summed E-state index contributed by atoms with van der Waals surface area (Å²) < 4.78 is 0. The van der Waals surface area contributed by atoms with Gasteiger partial charge in [-0.05, 0) is 25.0 Å². The highest BCUT2D eigenvalue weighted by atomic mass is 16.2. The minimum atomic E-state index is -0.147. The van der Waals surface area contributed by atoms with Crippen molar-refractivity contribution >= 4 is 6.03 Å². The van der Waals surface area contributed by atoms with Gasteiger partial charge in [-0.1, -0.05) is 59.7 Å². The third kappa shape index (κ3) is 4.43. The van der Waals surface area contributed by atoms with Crippen LogP contribution in [0.2, 0.25) is 0 Å². The normalized spacial score (nSPS) is 10.1. The Balaban J connectivity index is 1.75. The highest BCUT2D eigenvalue weighted by molar-refractivity contribution is 5.73. The Morgan fingerprint density at radius 1 is 0.750 bits per heavy atom. The van der Waals surface area contributed by atoms with E-state index in [1.807, 2.05) is 62.4 Å². The van der Waals surface area contributed by atoms with Gasteiger partial charge < -0.3 is 10.6 Å². The van der Waals surface area contributed by atoms with E-state index < -0.39 is 0 Å². The first kappa shape index (κ1) is 14.1. The number of carbonyl (C=O) groups excluding carboxylic acids is 1. The van der Waals surface area contributed by atoms with E-state index >= 15 is 0 Å². The Bertz CT molecular complexity index is 507. The maximum absolute atomic E-state index is 11.7. The molecular weight excluding hydrogens is 248 g/mol. The largest absolute Gasteiger partial charge is 0.334 e. The quantitative estimate of drug-likeness (QED) is 0.877. The van der Waals surface area contributed by atoms with Crippen molar-refractivity contribution in [1.29, 1.82) is 0 Å². The predicted molar refractivity (Wildman–Crippen MR) is 81.4 cm³/mol. The van der Waals surface area contributed by atoms with E-state index in [0.29, 0.717) is 13.1 Å². The fourth-order valence-electron chi connectivity index (χ4n) is 1.84. The number of hydrogen-bond donors (Lipinski definition) is 2. The van der Waals surface area contributed by atoms with Crippen molar-refractivity contribution in [3.05, 3.63) is 70.8 Å². The van der Waals surface area contributed by atoms with Crippen molar-refractivity contribution in [1.82, 2.24) is 10.6 Å². The fourth-order valence-corrected chi connectivity index (χ4v) is 1.84. The zero-order valence-corrected chi connectivity index (χ0v) is 11.9. The van der Waals surface area contributed by atoms with Gasteiger partial charge >= 0.3 is 6.03 Å². The van der Waals surface area contributed by atoms with Gasteiger partial charge in [-0.2, -0.15) is 0 Å². The minimum Gasteiger partial charge on any atom is -0.334 e. The van der Waals surface area contributed by atoms with Crippen LogP contribution in [0.1, 0.15) is 22.3 Å². The second-order valence-corrected chi connectivity index (χ2v) is 5.01. The molecule has 0 radical (unpaired) electrons. The summed E-state index contributed by atoms with van der Waals surface area (Å²) in [6.45, 7) is 5.18. The SMILES string of the molecule is Cc1ccc(CNC(=O)NCc2ccc(C)cc2)cc1. The molecule has 3 nitrogen and oxygen atoms in total. The van der Waals surface area contributed by atoms with Crippen molar-refractivity contribution in [2.75, 3.05) is 0 Å². The minimum absolute atomic E-state index is 0.147. The molecule has 0 heterocycles. The second kappa shape index (κ2) is 6.75. The third-order valence-corrected chi connectivity index (χ3v) is 3.15. The molecule has 0 atom stereocenters. The molecule has 0 unspecified atom stereocenters. The monoisotopic (exact) mass is 268 g/mol. The Morgan fingerprint density at radius 2 is 1.10 bits per heavy atom. The van der Waals surface area contributed by atoms with Gasteiger partial charge in [0.15, 0.2) is 0 Å². The number of amides is 2. The number of urea groups is 1. The van der Waals surface area contributed by atoms with Gasteiger partial charge in [-0.15, -0.1) is 0 Å². The van der Waals surface area contributed by atoms with Gasteiger partial charge in [0.05, 0.1) is 0 Å². The average molecular weight is 268 g/mol. The molecule has 2 N–H and O–H groups in total. The standard InChI is InChI=1S/C17H20N2O/c1-13-3-7-15(8-4-13)11-18-17(20)19-12-16-9-5-14(2)6-10-16/h3-10H,11-12H2,1-2H3,(H2,18,19,20). The van der Waals surface area contributed by atoms with Crippen LogP contribution in [0.25, 0.3) is 0 Å². The summed E-state index contributed by atoms with van der Waals surface area (Å²) >= 11 is 0. The zero-order chi connectivity index (χ0) is 14.4. The molecule has 0 spiro atoms. The van der Waals surface area contributed by atoms with Gasteiger partial charge in [0.25, 0.3) is 0 Å². The Labute approximate surface area is 120 Å². The van der Waals surface area contributed by atoms with Crippen LogP contribution in [0, 0.1) is 13.8 Å². The van der Waals surface area contributed by atoms with Crippen LogP contribution in [-0.2, 0) is 13.1 Å². The number of nitrogens with one attached hydrogen (secondary N) is 2. The molecule has 0 aliphatic rings. The lowest BCUT2D eigenvalue weighted by atomic mass is 10.1. The van der Waals surface area contributed by atoms with Crippen LogP contribution in [0.4, 0.5) is 4.79 Å². The van der Waals surface area contributed by atoms with Gasteiger partial charge in [0.2, 0.25) is 0 Å². The highest BCUT2D eigenvalue weighted by Gasteiger charge is 2.00. The molecule has 0 aromatic heterocycles. The van der Waals surface area contributed by atoms with Crippen molar-refractivity contribution in [2.24, 2.45) is 0 Å². The molecule has 2 rings (SSSR count). The van der Waals surface area contributed by atoms with Crippen molar-refractivity contribution in [2.45, 2.75) is 26.9 Å². The molecule has 0 aliphatic heterocycles. The molecule has 0 fully saturated rings. The van der Waals surface area contributed by atoms with Crippen LogP contribution in [0.3, 0.4) is 0 Å². The maximum atomic E-state index is 11.7. The topological polar surface area (TPSA) is 41.1 Å². The first-order chi connectivity index (χ1) is 9.63. The lowest BCUT2D eigenvalue weighted by Crippen LogP contribution is -2.34. The molecule has 20 heavy (non-hydrogen) atoms. The van der Waals surface area contributed by atoms with Crippen LogP contribution >= 0.6 is 0 Å². The lowest BCUT2D eigenvalue weighted by Gasteiger charge is -2.08. The van der Waals surface area contributed by atoms with E-state index in [-0.39, 0.29) is 6.03 Å². The number of aryl methyl sites for hydroxylation is 2. The summed E-state index contributed by atoms with van der Waals surface area (Å²) in [5.74, 6) is 0. The molecule has 2 aromatic carbocycles. The van der Waals surface area contributed by atoms with E-state index in [2.05, 4.69) is 10.6 Å². The highest BCUT2D eigenvalue weighted by Crippen LogP contribution is 2.03. The van der Waals surface area contributed by atoms with Gasteiger partial charge in [0.1, 0.15) is 0 Å². The third-order valence-electron chi connectivity index (χ3n) is 3.15. The molecule has 2 aromatic rings. The summed E-state index contributed by atoms with van der Waals surface area (Å²) in [7, 11) is 0. The lowest BCUT2D eigenvalue weighted by molar-refractivity contribution is 0.240. The summed E-state index contributed by atoms with van der Waals surface area (Å²) in [6, 6.07) is 16.1. The predicted octanol–water partition coefficient (Wildman–Crippen LogP) is 3.30. The van der Waals surface area contributed by atoms with Crippen LogP contribution < -0.4 is 10.6 Å². The molecule has 104 valence electrons. The van der Waals surface area contributed by atoms with Gasteiger partial charge in [-0.25, -0.2) is 4.79 Å². The second-order valence-electron chi connectivity index (χ2n) is 5.01. The number of rotatable bonds is 4. The smallest absolute Gasteiger partial charge is 0.315 e. The molecule has 0 saturated heterocycles. The van der Waals surface area contributed by atoms with E-state index in [0.717, 1.165) is 11.1 Å². The fraction of sp³-hybridized carbons (Fsp3) is 0.235. The summed E-state index contributed by atoms with van der Waals surface area (Å²) in [4.78, 5) is 11.7.